The van der Waals surface area contributed by atoms with Crippen molar-refractivity contribution in [2.45, 2.75) is 38.7 Å². The van der Waals surface area contributed by atoms with Crippen molar-refractivity contribution in [1.82, 2.24) is 5.32 Å². The van der Waals surface area contributed by atoms with Crippen LogP contribution in [0, 0.1) is 0 Å². The van der Waals surface area contributed by atoms with Crippen LogP contribution in [0.15, 0.2) is 42.5 Å². The van der Waals surface area contributed by atoms with Crippen molar-refractivity contribution in [2.24, 2.45) is 0 Å². The summed E-state index contributed by atoms with van der Waals surface area (Å²) in [5, 5.41) is 2.93. The van der Waals surface area contributed by atoms with Gasteiger partial charge in [0.2, 0.25) is 0 Å². The van der Waals surface area contributed by atoms with E-state index < -0.39 is 0 Å². The number of carbonyl (C=O) groups excluding carboxylic acids is 2. The molecule has 1 atom stereocenters. The number of benzene rings is 2. The zero-order valence-electron chi connectivity index (χ0n) is 16.2. The van der Waals surface area contributed by atoms with Gasteiger partial charge in [-0.05, 0) is 46.9 Å². The molecule has 0 spiro atoms. The number of esters is 1. The van der Waals surface area contributed by atoms with Crippen molar-refractivity contribution < 1.29 is 19.1 Å². The van der Waals surface area contributed by atoms with Crippen molar-refractivity contribution in [2.75, 3.05) is 13.7 Å². The molecule has 0 bridgehead atoms. The third-order valence-corrected chi connectivity index (χ3v) is 4.73. The van der Waals surface area contributed by atoms with Crippen LogP contribution >= 0.6 is 0 Å². The van der Waals surface area contributed by atoms with Gasteiger partial charge in [0.15, 0.2) is 0 Å². The molecule has 0 aromatic heterocycles. The molecular formula is C22H25NO4. The fourth-order valence-electron chi connectivity index (χ4n) is 3.11. The van der Waals surface area contributed by atoms with E-state index in [-0.39, 0.29) is 23.4 Å². The van der Waals surface area contributed by atoms with Gasteiger partial charge in [-0.2, -0.15) is 0 Å². The lowest BCUT2D eigenvalue weighted by molar-refractivity contribution is 0.0600. The van der Waals surface area contributed by atoms with Gasteiger partial charge in [-0.1, -0.05) is 32.9 Å². The number of methoxy groups -OCH3 is 1. The van der Waals surface area contributed by atoms with Gasteiger partial charge in [0.25, 0.3) is 5.91 Å². The highest BCUT2D eigenvalue weighted by Gasteiger charge is 2.25. The second-order valence-corrected chi connectivity index (χ2v) is 7.80. The van der Waals surface area contributed by atoms with Gasteiger partial charge in [-0.25, -0.2) is 4.79 Å². The number of rotatable bonds is 4. The summed E-state index contributed by atoms with van der Waals surface area (Å²) >= 11 is 0. The van der Waals surface area contributed by atoms with Gasteiger partial charge in [0.1, 0.15) is 11.9 Å². The lowest BCUT2D eigenvalue weighted by Gasteiger charge is -2.19. The number of nitrogens with one attached hydrogen (secondary N) is 1. The molecule has 0 radical (unpaired) electrons. The zero-order chi connectivity index (χ0) is 19.6. The van der Waals surface area contributed by atoms with Gasteiger partial charge >= 0.3 is 5.97 Å². The van der Waals surface area contributed by atoms with Gasteiger partial charge in [-0.3, -0.25) is 4.79 Å². The minimum Gasteiger partial charge on any atom is -0.488 e. The Balaban J connectivity index is 1.57. The Morgan fingerprint density at radius 2 is 1.78 bits per heavy atom. The Bertz CT molecular complexity index is 850. The molecule has 5 nitrogen and oxygen atoms in total. The van der Waals surface area contributed by atoms with E-state index in [0.29, 0.717) is 24.1 Å². The molecule has 0 saturated heterocycles. The first-order valence-corrected chi connectivity index (χ1v) is 9.04. The first-order chi connectivity index (χ1) is 12.8. The molecule has 142 valence electrons. The minimum absolute atomic E-state index is 0.0571. The monoisotopic (exact) mass is 367 g/mol. The summed E-state index contributed by atoms with van der Waals surface area (Å²) in [4.78, 5) is 24.0. The quantitative estimate of drug-likeness (QED) is 0.840. The average molecular weight is 367 g/mol. The third-order valence-electron chi connectivity index (χ3n) is 4.73. The maximum absolute atomic E-state index is 12.4. The fraction of sp³-hybridized carbons (Fsp3) is 0.364. The maximum Gasteiger partial charge on any atom is 0.337 e. The molecule has 0 saturated carbocycles. The largest absolute Gasteiger partial charge is 0.488 e. The number of hydrogen-bond acceptors (Lipinski definition) is 4. The van der Waals surface area contributed by atoms with Gasteiger partial charge < -0.3 is 14.8 Å². The number of carbonyl (C=O) groups is 2. The minimum atomic E-state index is -0.367. The van der Waals surface area contributed by atoms with E-state index in [4.69, 9.17) is 9.47 Å². The molecule has 0 unspecified atom stereocenters. The SMILES string of the molecule is COC(=O)c1ccc2c(c1)C[C@H](CNC(=O)c1ccc(C(C)(C)C)cc1)O2. The average Bonchev–Trinajstić information content (AvgIpc) is 3.06. The van der Waals surface area contributed by atoms with Crippen LogP contribution in [0.1, 0.15) is 52.6 Å². The normalized spacial score (nSPS) is 15.6. The molecule has 0 aliphatic carbocycles. The molecule has 1 aliphatic heterocycles. The molecule has 2 aromatic rings. The van der Waals surface area contributed by atoms with E-state index in [2.05, 4.69) is 26.1 Å². The molecule has 27 heavy (non-hydrogen) atoms. The molecule has 1 N–H and O–H groups in total. The van der Waals surface area contributed by atoms with Crippen LogP contribution in [0.4, 0.5) is 0 Å². The van der Waals surface area contributed by atoms with Crippen LogP contribution in [0.3, 0.4) is 0 Å². The Morgan fingerprint density at radius 1 is 1.11 bits per heavy atom. The highest BCUT2D eigenvalue weighted by molar-refractivity contribution is 5.94. The van der Waals surface area contributed by atoms with E-state index in [0.717, 1.165) is 11.3 Å². The van der Waals surface area contributed by atoms with Crippen LogP contribution < -0.4 is 10.1 Å². The molecule has 0 fully saturated rings. The number of fused-ring (bicyclic) bond motifs is 1. The highest BCUT2D eigenvalue weighted by Crippen LogP contribution is 2.29. The highest BCUT2D eigenvalue weighted by atomic mass is 16.5. The zero-order valence-corrected chi connectivity index (χ0v) is 16.2. The summed E-state index contributed by atoms with van der Waals surface area (Å²) in [6.07, 6.45) is 0.495. The smallest absolute Gasteiger partial charge is 0.337 e. The maximum atomic E-state index is 12.4. The van der Waals surface area contributed by atoms with Crippen molar-refractivity contribution in [3.8, 4) is 5.75 Å². The molecule has 1 aliphatic rings. The van der Waals surface area contributed by atoms with Crippen LogP contribution in [-0.4, -0.2) is 31.6 Å². The lowest BCUT2D eigenvalue weighted by Crippen LogP contribution is -2.34. The van der Waals surface area contributed by atoms with Crippen LogP contribution in [0.5, 0.6) is 5.75 Å². The first kappa shape index (κ1) is 19.0. The summed E-state index contributed by atoms with van der Waals surface area (Å²) in [6.45, 7) is 6.83. The number of amides is 1. The summed E-state index contributed by atoms with van der Waals surface area (Å²) in [5.74, 6) is 0.259. The lowest BCUT2D eigenvalue weighted by atomic mass is 9.87. The van der Waals surface area contributed by atoms with Crippen LogP contribution in [-0.2, 0) is 16.6 Å². The summed E-state index contributed by atoms with van der Waals surface area (Å²) in [5.41, 5.74) is 3.33. The summed E-state index contributed by atoms with van der Waals surface area (Å²) < 4.78 is 10.6. The van der Waals surface area contributed by atoms with Gasteiger partial charge in [0.05, 0.1) is 19.2 Å². The molecule has 1 heterocycles. The molecule has 3 rings (SSSR count). The molecule has 2 aromatic carbocycles. The van der Waals surface area contributed by atoms with Crippen LogP contribution in [0.2, 0.25) is 0 Å². The van der Waals surface area contributed by atoms with Crippen molar-refractivity contribution in [3.63, 3.8) is 0 Å². The van der Waals surface area contributed by atoms with E-state index in [9.17, 15) is 9.59 Å². The van der Waals surface area contributed by atoms with Crippen molar-refractivity contribution >= 4 is 11.9 Å². The van der Waals surface area contributed by atoms with E-state index in [1.54, 1.807) is 18.2 Å². The van der Waals surface area contributed by atoms with E-state index >= 15 is 0 Å². The van der Waals surface area contributed by atoms with E-state index in [1.165, 1.54) is 12.7 Å². The molecular weight excluding hydrogens is 342 g/mol. The van der Waals surface area contributed by atoms with Gasteiger partial charge in [0, 0.05) is 12.0 Å². The predicted octanol–water partition coefficient (Wildman–Crippen LogP) is 3.50. The van der Waals surface area contributed by atoms with Crippen molar-refractivity contribution in [3.05, 3.63) is 64.7 Å². The first-order valence-electron chi connectivity index (χ1n) is 9.04. The summed E-state index contributed by atoms with van der Waals surface area (Å²) in [6, 6.07) is 12.9. The number of hydrogen-bond donors (Lipinski definition) is 1. The van der Waals surface area contributed by atoms with Gasteiger partial charge in [-0.15, -0.1) is 0 Å². The predicted molar refractivity (Wildman–Crippen MR) is 103 cm³/mol. The third kappa shape index (κ3) is 4.30. The Kier molecular flexibility index (Phi) is 5.22. The Labute approximate surface area is 159 Å². The second kappa shape index (κ2) is 7.43. The van der Waals surface area contributed by atoms with Crippen molar-refractivity contribution in [1.29, 1.82) is 0 Å². The second-order valence-electron chi connectivity index (χ2n) is 7.80. The Morgan fingerprint density at radius 3 is 2.41 bits per heavy atom. The topological polar surface area (TPSA) is 64.6 Å². The summed E-state index contributed by atoms with van der Waals surface area (Å²) in [7, 11) is 1.36. The van der Waals surface area contributed by atoms with Crippen LogP contribution in [0.25, 0.3) is 0 Å². The Hall–Kier alpha value is -2.82. The fourth-order valence-corrected chi connectivity index (χ4v) is 3.11. The molecule has 1 amide bonds. The van der Waals surface area contributed by atoms with E-state index in [1.807, 2.05) is 24.3 Å². The number of ether oxygens (including phenoxy) is 2. The molecule has 5 heteroatoms. The standard InChI is InChI=1S/C22H25NO4/c1-22(2,3)17-8-5-14(6-9-17)20(24)23-13-18-12-16-11-15(21(25)26-4)7-10-19(16)27-18/h5-11,18H,12-13H2,1-4H3,(H,23,24)/t18-/m1/s1.